The molecule has 2 aromatic rings. The fourth-order valence-corrected chi connectivity index (χ4v) is 1.82. The summed E-state index contributed by atoms with van der Waals surface area (Å²) in [4.78, 5) is 4.11. The van der Waals surface area contributed by atoms with Crippen LogP contribution in [0, 0.1) is 5.51 Å². The molecule has 4 heteroatoms. The van der Waals surface area contributed by atoms with Crippen molar-refractivity contribution < 1.29 is 9.47 Å². The number of ether oxygens (including phenoxy) is 2. The van der Waals surface area contributed by atoms with Gasteiger partial charge in [0, 0.05) is 10.9 Å². The summed E-state index contributed by atoms with van der Waals surface area (Å²) in [6.07, 6.45) is 0. The molecule has 0 aliphatic heterocycles. The molecule has 0 bridgehead atoms. The Morgan fingerprint density at radius 2 is 2.00 bits per heavy atom. The van der Waals surface area contributed by atoms with Crippen LogP contribution in [-0.2, 0) is 0 Å². The van der Waals surface area contributed by atoms with E-state index >= 15 is 0 Å². The van der Waals surface area contributed by atoms with Gasteiger partial charge in [0.1, 0.15) is 0 Å². The Morgan fingerprint density at radius 3 is 2.60 bits per heavy atom. The first kappa shape index (κ1) is 9.98. The molecule has 3 nitrogen and oxygen atoms in total. The maximum Gasteiger partial charge on any atom is 0.161 e. The zero-order valence-corrected chi connectivity index (χ0v) is 9.30. The van der Waals surface area contributed by atoms with Crippen molar-refractivity contribution in [2.45, 2.75) is 0 Å². The Bertz CT molecular complexity index is 440. The minimum Gasteiger partial charge on any atom is -0.493 e. The van der Waals surface area contributed by atoms with Gasteiger partial charge in [-0.15, -0.1) is 11.3 Å². The number of hydrogen-bond donors (Lipinski definition) is 0. The normalized spacial score (nSPS) is 10.0. The predicted molar refractivity (Wildman–Crippen MR) is 59.5 cm³/mol. The van der Waals surface area contributed by atoms with E-state index in [1.807, 2.05) is 23.6 Å². The SMILES string of the molecule is COc1ccc(-c2cs[c]n2)cc1OC. The second kappa shape index (κ2) is 4.31. The molecule has 0 aliphatic carbocycles. The van der Waals surface area contributed by atoms with E-state index < -0.39 is 0 Å². The van der Waals surface area contributed by atoms with Gasteiger partial charge in [-0.1, -0.05) is 0 Å². The summed E-state index contributed by atoms with van der Waals surface area (Å²) in [6.45, 7) is 0. The van der Waals surface area contributed by atoms with Gasteiger partial charge >= 0.3 is 0 Å². The van der Waals surface area contributed by atoms with Crippen LogP contribution in [0.25, 0.3) is 11.3 Å². The first-order chi connectivity index (χ1) is 7.35. The summed E-state index contributed by atoms with van der Waals surface area (Å²) in [5.41, 5.74) is 4.72. The quantitative estimate of drug-likeness (QED) is 0.796. The zero-order valence-electron chi connectivity index (χ0n) is 8.48. The van der Waals surface area contributed by atoms with E-state index in [-0.39, 0.29) is 0 Å². The van der Waals surface area contributed by atoms with Crippen LogP contribution >= 0.6 is 11.3 Å². The molecule has 1 radical (unpaired) electrons. The molecule has 0 atom stereocenters. The number of aromatic nitrogens is 1. The molecule has 0 fully saturated rings. The third-order valence-corrected chi connectivity index (χ3v) is 2.61. The van der Waals surface area contributed by atoms with Gasteiger partial charge in [-0.3, -0.25) is 0 Å². The molecule has 1 heterocycles. The van der Waals surface area contributed by atoms with Crippen LogP contribution in [0.3, 0.4) is 0 Å². The molecule has 2 rings (SSSR count). The van der Waals surface area contributed by atoms with Crippen molar-refractivity contribution in [2.24, 2.45) is 0 Å². The predicted octanol–water partition coefficient (Wildman–Crippen LogP) is 2.63. The number of methoxy groups -OCH3 is 2. The van der Waals surface area contributed by atoms with Crippen molar-refractivity contribution in [1.29, 1.82) is 0 Å². The Labute approximate surface area is 92.3 Å². The third kappa shape index (κ3) is 1.94. The standard InChI is InChI=1S/C11H10NO2S/c1-13-10-4-3-8(5-11(10)14-2)9-6-15-7-12-9/h3-6H,1-2H3. The lowest BCUT2D eigenvalue weighted by atomic mass is 10.1. The van der Waals surface area contributed by atoms with E-state index in [1.54, 1.807) is 14.2 Å². The largest absolute Gasteiger partial charge is 0.493 e. The van der Waals surface area contributed by atoms with Crippen LogP contribution in [-0.4, -0.2) is 19.2 Å². The minimum absolute atomic E-state index is 0.711. The van der Waals surface area contributed by atoms with Crippen LogP contribution in [0.1, 0.15) is 0 Å². The first-order valence-corrected chi connectivity index (χ1v) is 5.27. The Hall–Kier alpha value is -1.55. The Kier molecular flexibility index (Phi) is 2.87. The number of rotatable bonds is 3. The number of benzene rings is 1. The number of thiazole rings is 1. The van der Waals surface area contributed by atoms with Crippen molar-refractivity contribution in [3.05, 3.63) is 29.1 Å². The molecule has 0 saturated carbocycles. The van der Waals surface area contributed by atoms with E-state index in [0.717, 1.165) is 17.0 Å². The lowest BCUT2D eigenvalue weighted by molar-refractivity contribution is 0.355. The zero-order chi connectivity index (χ0) is 10.7. The molecule has 1 aromatic heterocycles. The average Bonchev–Trinajstić information content (AvgIpc) is 2.81. The Morgan fingerprint density at radius 1 is 1.20 bits per heavy atom. The molecular weight excluding hydrogens is 210 g/mol. The molecule has 0 aliphatic rings. The maximum absolute atomic E-state index is 5.22. The van der Waals surface area contributed by atoms with Gasteiger partial charge in [-0.2, -0.15) is 0 Å². The molecule has 0 amide bonds. The second-order valence-electron chi connectivity index (χ2n) is 2.89. The van der Waals surface area contributed by atoms with Crippen molar-refractivity contribution >= 4 is 11.3 Å². The van der Waals surface area contributed by atoms with Crippen molar-refractivity contribution in [1.82, 2.24) is 4.98 Å². The molecule has 0 unspecified atom stereocenters. The van der Waals surface area contributed by atoms with Gasteiger partial charge in [0.25, 0.3) is 0 Å². The summed E-state index contributed by atoms with van der Waals surface area (Å²) in [7, 11) is 3.24. The molecular formula is C11H10NO2S. The summed E-state index contributed by atoms with van der Waals surface area (Å²) in [5.74, 6) is 1.43. The van der Waals surface area contributed by atoms with Crippen molar-refractivity contribution in [3.63, 3.8) is 0 Å². The van der Waals surface area contributed by atoms with Gasteiger partial charge in [0.2, 0.25) is 0 Å². The highest BCUT2D eigenvalue weighted by atomic mass is 32.1. The van der Waals surface area contributed by atoms with Crippen LogP contribution in [0.4, 0.5) is 0 Å². The van der Waals surface area contributed by atoms with Gasteiger partial charge in [0.05, 0.1) is 19.9 Å². The van der Waals surface area contributed by atoms with E-state index in [4.69, 9.17) is 9.47 Å². The van der Waals surface area contributed by atoms with E-state index in [1.165, 1.54) is 11.3 Å². The number of nitrogens with zero attached hydrogens (tertiary/aromatic N) is 1. The highest BCUT2D eigenvalue weighted by Gasteiger charge is 2.06. The monoisotopic (exact) mass is 220 g/mol. The lowest BCUT2D eigenvalue weighted by Gasteiger charge is -2.08. The summed E-state index contributed by atoms with van der Waals surface area (Å²) in [5, 5.41) is 1.95. The van der Waals surface area contributed by atoms with Crippen LogP contribution in [0.5, 0.6) is 11.5 Å². The van der Waals surface area contributed by atoms with Crippen molar-refractivity contribution in [3.8, 4) is 22.8 Å². The maximum atomic E-state index is 5.22. The van der Waals surface area contributed by atoms with E-state index in [2.05, 4.69) is 10.5 Å². The topological polar surface area (TPSA) is 31.4 Å². The fraction of sp³-hybridized carbons (Fsp3) is 0.182. The van der Waals surface area contributed by atoms with Gasteiger partial charge in [-0.25, -0.2) is 4.98 Å². The van der Waals surface area contributed by atoms with Crippen LogP contribution < -0.4 is 9.47 Å². The third-order valence-electron chi connectivity index (χ3n) is 2.07. The summed E-state index contributed by atoms with van der Waals surface area (Å²) in [6, 6.07) is 5.72. The smallest absolute Gasteiger partial charge is 0.161 e. The van der Waals surface area contributed by atoms with Crippen LogP contribution in [0.2, 0.25) is 0 Å². The average molecular weight is 220 g/mol. The van der Waals surface area contributed by atoms with E-state index in [9.17, 15) is 0 Å². The highest BCUT2D eigenvalue weighted by Crippen LogP contribution is 2.31. The molecule has 15 heavy (non-hydrogen) atoms. The molecule has 0 spiro atoms. The molecule has 77 valence electrons. The second-order valence-corrected chi connectivity index (χ2v) is 3.55. The van der Waals surface area contributed by atoms with Gasteiger partial charge in [0.15, 0.2) is 17.0 Å². The van der Waals surface area contributed by atoms with Gasteiger partial charge < -0.3 is 9.47 Å². The summed E-state index contributed by atoms with van der Waals surface area (Å²) >= 11 is 1.45. The van der Waals surface area contributed by atoms with Crippen molar-refractivity contribution in [2.75, 3.05) is 14.2 Å². The van der Waals surface area contributed by atoms with Gasteiger partial charge in [-0.05, 0) is 18.2 Å². The fourth-order valence-electron chi connectivity index (χ4n) is 1.31. The lowest BCUT2D eigenvalue weighted by Crippen LogP contribution is -1.90. The number of hydrogen-bond acceptors (Lipinski definition) is 4. The van der Waals surface area contributed by atoms with E-state index in [0.29, 0.717) is 5.75 Å². The van der Waals surface area contributed by atoms with Crippen LogP contribution in [0.15, 0.2) is 23.6 Å². The summed E-state index contributed by atoms with van der Waals surface area (Å²) < 4.78 is 10.4. The molecule has 0 saturated heterocycles. The minimum atomic E-state index is 0.711. The first-order valence-electron chi connectivity index (χ1n) is 4.39. The molecule has 0 N–H and O–H groups in total. The molecule has 1 aromatic carbocycles. The highest BCUT2D eigenvalue weighted by molar-refractivity contribution is 7.07. The Balaban J connectivity index is 2.43.